The minimum absolute atomic E-state index is 0.242. The monoisotopic (exact) mass is 302 g/mol. The second-order valence-corrected chi connectivity index (χ2v) is 5.20. The second-order valence-electron chi connectivity index (χ2n) is 5.20. The number of allylic oxidation sites excluding steroid dienone is 1. The van der Waals surface area contributed by atoms with E-state index in [0.717, 1.165) is 16.9 Å². The number of halogens is 2. The van der Waals surface area contributed by atoms with Gasteiger partial charge in [-0.05, 0) is 54.5 Å². The van der Waals surface area contributed by atoms with E-state index >= 15 is 0 Å². The molecule has 0 bridgehead atoms. The highest BCUT2D eigenvalue weighted by atomic mass is 19.3. The number of rotatable bonds is 7. The number of benzene rings is 2. The molecule has 3 heteroatoms. The fourth-order valence-electron chi connectivity index (χ4n) is 2.38. The Bertz CT molecular complexity index is 616. The van der Waals surface area contributed by atoms with Crippen LogP contribution in [0.25, 0.3) is 0 Å². The Morgan fingerprint density at radius 3 is 2.14 bits per heavy atom. The van der Waals surface area contributed by atoms with Crippen LogP contribution >= 0.6 is 0 Å². The summed E-state index contributed by atoms with van der Waals surface area (Å²) < 4.78 is 31.4. The summed E-state index contributed by atoms with van der Waals surface area (Å²) in [7, 11) is 1.60. The van der Waals surface area contributed by atoms with Gasteiger partial charge in [0.1, 0.15) is 5.75 Å². The van der Waals surface area contributed by atoms with Crippen LogP contribution in [0.15, 0.2) is 66.3 Å². The van der Waals surface area contributed by atoms with Crippen molar-refractivity contribution in [1.82, 2.24) is 0 Å². The first kappa shape index (κ1) is 16.2. The molecule has 1 nitrogen and oxygen atoms in total. The highest BCUT2D eigenvalue weighted by Crippen LogP contribution is 2.22. The molecule has 22 heavy (non-hydrogen) atoms. The molecule has 0 aliphatic carbocycles. The lowest BCUT2D eigenvalue weighted by atomic mass is 9.99. The smallest absolute Gasteiger partial charge is 0.269 e. The Balaban J connectivity index is 1.93. The van der Waals surface area contributed by atoms with E-state index in [2.05, 4.69) is 0 Å². The van der Waals surface area contributed by atoms with Crippen molar-refractivity contribution in [3.63, 3.8) is 0 Å². The van der Waals surface area contributed by atoms with E-state index in [9.17, 15) is 8.78 Å². The third-order valence-corrected chi connectivity index (χ3v) is 3.68. The maximum Gasteiger partial charge on any atom is 0.269 e. The Labute approximate surface area is 130 Å². The first-order valence-corrected chi connectivity index (χ1v) is 7.39. The van der Waals surface area contributed by atoms with Crippen molar-refractivity contribution in [1.29, 1.82) is 0 Å². The molecule has 0 unspecified atom stereocenters. The van der Waals surface area contributed by atoms with Gasteiger partial charge < -0.3 is 4.74 Å². The molecular weight excluding hydrogens is 282 g/mol. The Morgan fingerprint density at radius 2 is 1.50 bits per heavy atom. The summed E-state index contributed by atoms with van der Waals surface area (Å²) in [5.41, 5.74) is 2.34. The number of hydrogen-bond donors (Lipinski definition) is 0. The van der Waals surface area contributed by atoms with E-state index in [1.54, 1.807) is 7.11 Å². The summed E-state index contributed by atoms with van der Waals surface area (Å²) in [6.07, 6.45) is 0.474. The van der Waals surface area contributed by atoms with Crippen LogP contribution in [0.5, 0.6) is 5.75 Å². The summed E-state index contributed by atoms with van der Waals surface area (Å²) >= 11 is 0. The highest BCUT2D eigenvalue weighted by molar-refractivity contribution is 5.29. The highest BCUT2D eigenvalue weighted by Gasteiger charge is 2.08. The molecule has 0 fully saturated rings. The number of hydrogen-bond acceptors (Lipinski definition) is 1. The predicted octanol–water partition coefficient (Wildman–Crippen LogP) is 5.41. The third-order valence-electron chi connectivity index (χ3n) is 3.68. The van der Waals surface area contributed by atoms with E-state index in [4.69, 9.17) is 4.74 Å². The zero-order valence-corrected chi connectivity index (χ0v) is 12.7. The van der Waals surface area contributed by atoms with E-state index in [1.165, 1.54) is 0 Å². The molecule has 0 spiro atoms. The SMILES string of the molecule is COc1cccc(CCC(CCc2ccccc2)=C(F)F)c1. The Kier molecular flexibility index (Phi) is 6.13. The third kappa shape index (κ3) is 4.99. The van der Waals surface area contributed by atoms with Gasteiger partial charge in [0.15, 0.2) is 0 Å². The summed E-state index contributed by atoms with van der Waals surface area (Å²) in [5.74, 6) is 0.757. The van der Waals surface area contributed by atoms with Crippen molar-refractivity contribution < 1.29 is 13.5 Å². The minimum atomic E-state index is -1.54. The maximum absolute atomic E-state index is 13.1. The van der Waals surface area contributed by atoms with Crippen molar-refractivity contribution >= 4 is 0 Å². The van der Waals surface area contributed by atoms with Gasteiger partial charge in [0.2, 0.25) is 0 Å². The Hall–Kier alpha value is -2.16. The van der Waals surface area contributed by atoms with Crippen molar-refractivity contribution in [2.45, 2.75) is 25.7 Å². The van der Waals surface area contributed by atoms with Gasteiger partial charge in [-0.25, -0.2) is 0 Å². The lowest BCUT2D eigenvalue weighted by Crippen LogP contribution is -1.95. The number of ether oxygens (including phenoxy) is 1. The molecule has 0 N–H and O–H groups in total. The first-order chi connectivity index (χ1) is 10.7. The van der Waals surface area contributed by atoms with Gasteiger partial charge in [0.05, 0.1) is 7.11 Å². The van der Waals surface area contributed by atoms with Crippen molar-refractivity contribution in [3.8, 4) is 5.75 Å². The number of aryl methyl sites for hydroxylation is 2. The average molecular weight is 302 g/mol. The molecule has 0 saturated carbocycles. The largest absolute Gasteiger partial charge is 0.497 e. The van der Waals surface area contributed by atoms with Crippen LogP contribution in [0.2, 0.25) is 0 Å². The molecule has 0 aromatic heterocycles. The van der Waals surface area contributed by atoms with Gasteiger partial charge in [-0.2, -0.15) is 8.78 Å². The fourth-order valence-corrected chi connectivity index (χ4v) is 2.38. The molecule has 2 aromatic rings. The molecular formula is C19H20F2O. The van der Waals surface area contributed by atoms with Gasteiger partial charge in [-0.15, -0.1) is 0 Å². The molecule has 116 valence electrons. The molecule has 0 radical (unpaired) electrons. The van der Waals surface area contributed by atoms with E-state index in [0.29, 0.717) is 25.7 Å². The quantitative estimate of drug-likeness (QED) is 0.664. The summed E-state index contributed by atoms with van der Waals surface area (Å²) in [5, 5.41) is 0. The van der Waals surface area contributed by atoms with Crippen molar-refractivity contribution in [2.75, 3.05) is 7.11 Å². The molecule has 0 aliphatic heterocycles. The van der Waals surface area contributed by atoms with Crippen molar-refractivity contribution in [3.05, 3.63) is 77.4 Å². The van der Waals surface area contributed by atoms with Gasteiger partial charge in [-0.3, -0.25) is 0 Å². The van der Waals surface area contributed by atoms with Gasteiger partial charge in [-0.1, -0.05) is 42.5 Å². The zero-order chi connectivity index (χ0) is 15.8. The topological polar surface area (TPSA) is 9.23 Å². The van der Waals surface area contributed by atoms with Crippen LogP contribution in [0.3, 0.4) is 0 Å². The van der Waals surface area contributed by atoms with E-state index in [1.807, 2.05) is 54.6 Å². The summed E-state index contributed by atoms with van der Waals surface area (Å²) in [4.78, 5) is 0. The van der Waals surface area contributed by atoms with E-state index in [-0.39, 0.29) is 5.57 Å². The maximum atomic E-state index is 13.1. The second kappa shape index (κ2) is 8.32. The molecule has 2 rings (SSSR count). The minimum Gasteiger partial charge on any atom is -0.497 e. The summed E-state index contributed by atoms with van der Waals surface area (Å²) in [6, 6.07) is 17.3. The lowest BCUT2D eigenvalue weighted by molar-refractivity contribution is 0.403. The molecule has 0 heterocycles. The first-order valence-electron chi connectivity index (χ1n) is 7.39. The molecule has 2 aromatic carbocycles. The van der Waals surface area contributed by atoms with Crippen molar-refractivity contribution in [2.24, 2.45) is 0 Å². The van der Waals surface area contributed by atoms with Crippen LogP contribution in [-0.2, 0) is 12.8 Å². The van der Waals surface area contributed by atoms with Gasteiger partial charge in [0.25, 0.3) is 6.08 Å². The predicted molar refractivity (Wildman–Crippen MR) is 85.3 cm³/mol. The number of methoxy groups -OCH3 is 1. The van der Waals surface area contributed by atoms with Crippen LogP contribution in [0.4, 0.5) is 8.78 Å². The summed E-state index contributed by atoms with van der Waals surface area (Å²) in [6.45, 7) is 0. The standard InChI is InChI=1S/C19H20F2O/c1-22-18-9-5-8-16(14-18)11-13-17(19(20)21)12-10-15-6-3-2-4-7-15/h2-9,14H,10-13H2,1H3. The van der Waals surface area contributed by atoms with Gasteiger partial charge in [0, 0.05) is 0 Å². The van der Waals surface area contributed by atoms with E-state index < -0.39 is 6.08 Å². The molecule has 0 saturated heterocycles. The molecule has 0 aliphatic rings. The molecule has 0 atom stereocenters. The normalized spacial score (nSPS) is 10.3. The Morgan fingerprint density at radius 1 is 0.864 bits per heavy atom. The lowest BCUT2D eigenvalue weighted by Gasteiger charge is -2.08. The fraction of sp³-hybridized carbons (Fsp3) is 0.263. The molecule has 0 amide bonds. The zero-order valence-electron chi connectivity index (χ0n) is 12.7. The van der Waals surface area contributed by atoms with Crippen LogP contribution in [0.1, 0.15) is 24.0 Å². The van der Waals surface area contributed by atoms with Crippen LogP contribution in [0, 0.1) is 0 Å². The van der Waals surface area contributed by atoms with Crippen LogP contribution < -0.4 is 4.74 Å². The van der Waals surface area contributed by atoms with Crippen LogP contribution in [-0.4, -0.2) is 7.11 Å². The van der Waals surface area contributed by atoms with Gasteiger partial charge >= 0.3 is 0 Å². The average Bonchev–Trinajstić information content (AvgIpc) is 2.55.